The molecule has 0 bridgehead atoms. The monoisotopic (exact) mass is 506 g/mol. The zero-order valence-corrected chi connectivity index (χ0v) is 20.3. The molecule has 0 unspecified atom stereocenters. The normalized spacial score (nSPS) is 30.9. The maximum Gasteiger partial charge on any atom is 0.310 e. The summed E-state index contributed by atoms with van der Waals surface area (Å²) in [6.07, 6.45) is 12.2. The zero-order chi connectivity index (χ0) is 25.6. The van der Waals surface area contributed by atoms with Crippen LogP contribution in [0.5, 0.6) is 0 Å². The third-order valence-corrected chi connectivity index (χ3v) is 6.20. The van der Waals surface area contributed by atoms with E-state index >= 15 is 0 Å². The molecule has 10 nitrogen and oxygen atoms in total. The van der Waals surface area contributed by atoms with Crippen molar-refractivity contribution in [1.29, 1.82) is 0 Å². The topological polar surface area (TPSA) is 124 Å². The van der Waals surface area contributed by atoms with Gasteiger partial charge in [0.2, 0.25) is 0 Å². The van der Waals surface area contributed by atoms with E-state index in [-0.39, 0.29) is 52.9 Å². The molecule has 198 valence electrons. The molecule has 3 aliphatic rings. The van der Waals surface area contributed by atoms with Crippen molar-refractivity contribution in [2.75, 3.05) is 52.9 Å². The Kier molecular flexibility index (Phi) is 11.7. The Morgan fingerprint density at radius 3 is 1.08 bits per heavy atom. The second-order valence-corrected chi connectivity index (χ2v) is 8.60. The number of rotatable bonds is 0. The van der Waals surface area contributed by atoms with Gasteiger partial charge in [0.25, 0.3) is 0 Å². The molecule has 2 aliphatic carbocycles. The molecule has 0 radical (unpaired) electrons. The summed E-state index contributed by atoms with van der Waals surface area (Å²) in [5.74, 6) is -4.36. The molecular formula is C26H34O10. The lowest BCUT2D eigenvalue weighted by molar-refractivity contribution is -0.161. The Labute approximate surface area is 210 Å². The molecule has 36 heavy (non-hydrogen) atoms. The molecule has 0 spiro atoms. The molecule has 0 saturated heterocycles. The van der Waals surface area contributed by atoms with Gasteiger partial charge in [0.1, 0.15) is 26.4 Å². The third-order valence-electron chi connectivity index (χ3n) is 6.20. The fourth-order valence-electron chi connectivity index (χ4n) is 4.22. The number of carbonyl (C=O) groups is 4. The standard InChI is InChI=1S/C26H34O10/c27-23-19-7-1-3-9-21(19)25(29)35-17-15-31-13-14-32-16-18-36-26(30)22-10-4-2-8-20(22)24(28)34-12-6-5-11-33-23/h1-6,19-22H,7-18H2/b6-5+/t19-,20+,21+,22-. The molecule has 0 saturated carbocycles. The number of carbonyl (C=O) groups excluding carboxylic acids is 4. The lowest BCUT2D eigenvalue weighted by Crippen LogP contribution is -2.34. The summed E-state index contributed by atoms with van der Waals surface area (Å²) in [6, 6.07) is 0. The summed E-state index contributed by atoms with van der Waals surface area (Å²) in [7, 11) is 0. The van der Waals surface area contributed by atoms with Crippen LogP contribution in [0.25, 0.3) is 0 Å². The number of cyclic esters (lactones) is 4. The van der Waals surface area contributed by atoms with Crippen molar-refractivity contribution in [1.82, 2.24) is 0 Å². The number of esters is 4. The first-order valence-corrected chi connectivity index (χ1v) is 12.3. The van der Waals surface area contributed by atoms with E-state index in [4.69, 9.17) is 28.4 Å². The van der Waals surface area contributed by atoms with E-state index in [2.05, 4.69) is 0 Å². The molecule has 0 amide bonds. The van der Waals surface area contributed by atoms with E-state index in [1.807, 2.05) is 24.3 Å². The fraction of sp³-hybridized carbons (Fsp3) is 0.615. The number of allylic oxidation sites excluding steroid dienone is 4. The highest BCUT2D eigenvalue weighted by atomic mass is 16.6. The van der Waals surface area contributed by atoms with Gasteiger partial charge < -0.3 is 28.4 Å². The van der Waals surface area contributed by atoms with E-state index in [9.17, 15) is 19.2 Å². The van der Waals surface area contributed by atoms with E-state index in [0.29, 0.717) is 25.7 Å². The molecular weight excluding hydrogens is 472 g/mol. The molecule has 10 heteroatoms. The van der Waals surface area contributed by atoms with E-state index < -0.39 is 47.5 Å². The van der Waals surface area contributed by atoms with Crippen molar-refractivity contribution in [3.63, 3.8) is 0 Å². The predicted octanol–water partition coefficient (Wildman–Crippen LogP) is 1.93. The Morgan fingerprint density at radius 2 is 0.722 bits per heavy atom. The van der Waals surface area contributed by atoms with Crippen LogP contribution in [0.2, 0.25) is 0 Å². The second-order valence-electron chi connectivity index (χ2n) is 8.60. The van der Waals surface area contributed by atoms with Crippen LogP contribution in [0.1, 0.15) is 25.7 Å². The van der Waals surface area contributed by atoms with Crippen LogP contribution in [0.4, 0.5) is 0 Å². The van der Waals surface area contributed by atoms with Gasteiger partial charge in [-0.05, 0) is 37.8 Å². The van der Waals surface area contributed by atoms with Crippen LogP contribution in [0, 0.1) is 23.7 Å². The maximum absolute atomic E-state index is 12.6. The van der Waals surface area contributed by atoms with Gasteiger partial charge in [-0.25, -0.2) is 0 Å². The summed E-state index contributed by atoms with van der Waals surface area (Å²) in [4.78, 5) is 50.2. The van der Waals surface area contributed by atoms with Crippen LogP contribution in [-0.2, 0) is 47.6 Å². The first kappa shape index (κ1) is 27.6. The third kappa shape index (κ3) is 8.60. The van der Waals surface area contributed by atoms with Crippen molar-refractivity contribution in [3.05, 3.63) is 36.5 Å². The van der Waals surface area contributed by atoms with Gasteiger partial charge in [-0.1, -0.05) is 24.3 Å². The lowest BCUT2D eigenvalue weighted by Gasteiger charge is -2.25. The van der Waals surface area contributed by atoms with Crippen LogP contribution in [0.15, 0.2) is 36.5 Å². The summed E-state index contributed by atoms with van der Waals surface area (Å²) in [5, 5.41) is 0. The minimum atomic E-state index is -0.621. The van der Waals surface area contributed by atoms with Crippen molar-refractivity contribution in [2.45, 2.75) is 25.7 Å². The van der Waals surface area contributed by atoms with Crippen LogP contribution >= 0.6 is 0 Å². The highest BCUT2D eigenvalue weighted by Crippen LogP contribution is 2.29. The minimum Gasteiger partial charge on any atom is -0.463 e. The largest absolute Gasteiger partial charge is 0.463 e. The summed E-state index contributed by atoms with van der Waals surface area (Å²) in [5.41, 5.74) is 0. The molecule has 4 atom stereocenters. The molecule has 0 N–H and O–H groups in total. The van der Waals surface area contributed by atoms with Crippen molar-refractivity contribution < 1.29 is 47.6 Å². The molecule has 0 fully saturated rings. The molecule has 0 aromatic carbocycles. The number of ether oxygens (including phenoxy) is 6. The zero-order valence-electron chi connectivity index (χ0n) is 20.3. The van der Waals surface area contributed by atoms with E-state index in [1.54, 1.807) is 12.2 Å². The SMILES string of the molecule is O=C1OCCOCCOCCOC(=O)[C@@H]2CC=CC[C@@H]2C(=O)OC/C=C/COC(=O)[C@@H]2CC=CC[C@H]12. The van der Waals surface area contributed by atoms with E-state index in [1.165, 1.54) is 0 Å². The van der Waals surface area contributed by atoms with E-state index in [0.717, 1.165) is 0 Å². The van der Waals surface area contributed by atoms with Crippen molar-refractivity contribution in [2.24, 2.45) is 23.7 Å². The molecule has 1 aliphatic heterocycles. The van der Waals surface area contributed by atoms with Crippen molar-refractivity contribution >= 4 is 23.9 Å². The Hall–Kier alpha value is -2.98. The second kappa shape index (κ2) is 15.2. The van der Waals surface area contributed by atoms with Gasteiger partial charge in [-0.3, -0.25) is 19.2 Å². The smallest absolute Gasteiger partial charge is 0.310 e. The Morgan fingerprint density at radius 1 is 0.417 bits per heavy atom. The molecule has 3 rings (SSSR count). The number of hydrogen-bond donors (Lipinski definition) is 0. The highest BCUT2D eigenvalue weighted by Gasteiger charge is 2.37. The van der Waals surface area contributed by atoms with Gasteiger partial charge in [-0.2, -0.15) is 0 Å². The quantitative estimate of drug-likeness (QED) is 0.273. The minimum absolute atomic E-state index is 0.0185. The van der Waals surface area contributed by atoms with Gasteiger partial charge in [0.15, 0.2) is 0 Å². The summed E-state index contributed by atoms with van der Waals surface area (Å²) in [6.45, 7) is 1.04. The van der Waals surface area contributed by atoms with Gasteiger partial charge in [0, 0.05) is 0 Å². The maximum atomic E-state index is 12.6. The molecule has 0 aromatic rings. The lowest BCUT2D eigenvalue weighted by atomic mass is 9.83. The van der Waals surface area contributed by atoms with Gasteiger partial charge in [-0.15, -0.1) is 0 Å². The first-order valence-electron chi connectivity index (χ1n) is 12.3. The average Bonchev–Trinajstić information content (AvgIpc) is 2.90. The average molecular weight is 507 g/mol. The molecule has 1 heterocycles. The fourth-order valence-corrected chi connectivity index (χ4v) is 4.22. The van der Waals surface area contributed by atoms with Crippen LogP contribution in [-0.4, -0.2) is 76.7 Å². The van der Waals surface area contributed by atoms with Crippen molar-refractivity contribution in [3.8, 4) is 0 Å². The number of hydrogen-bond acceptors (Lipinski definition) is 10. The number of fused-ring (bicyclic) bond motifs is 2. The predicted molar refractivity (Wildman–Crippen MR) is 125 cm³/mol. The van der Waals surface area contributed by atoms with Gasteiger partial charge >= 0.3 is 23.9 Å². The first-order chi connectivity index (χ1) is 17.6. The Bertz CT molecular complexity index is 778. The summed E-state index contributed by atoms with van der Waals surface area (Å²) >= 11 is 0. The van der Waals surface area contributed by atoms with Crippen LogP contribution < -0.4 is 0 Å². The van der Waals surface area contributed by atoms with Gasteiger partial charge in [0.05, 0.1) is 50.1 Å². The molecule has 0 aromatic heterocycles. The van der Waals surface area contributed by atoms with Crippen LogP contribution in [0.3, 0.4) is 0 Å². The Balaban J connectivity index is 1.58. The highest BCUT2D eigenvalue weighted by molar-refractivity contribution is 5.83. The summed E-state index contributed by atoms with van der Waals surface area (Å²) < 4.78 is 32.0.